The summed E-state index contributed by atoms with van der Waals surface area (Å²) in [6.07, 6.45) is 1.05. The van der Waals surface area contributed by atoms with E-state index in [1.165, 1.54) is 7.11 Å². The zero-order valence-corrected chi connectivity index (χ0v) is 15.8. The van der Waals surface area contributed by atoms with Crippen LogP contribution in [0.25, 0.3) is 0 Å². The Hall–Kier alpha value is -1.57. The number of carbonyl (C=O) groups is 1. The van der Waals surface area contributed by atoms with Gasteiger partial charge in [0.05, 0.1) is 17.7 Å². The van der Waals surface area contributed by atoms with Crippen LogP contribution in [0.3, 0.4) is 0 Å². The van der Waals surface area contributed by atoms with Gasteiger partial charge in [0.1, 0.15) is 5.75 Å². The first-order valence-electron chi connectivity index (χ1n) is 7.92. The van der Waals surface area contributed by atoms with Gasteiger partial charge in [0.25, 0.3) is 0 Å². The number of carbonyl (C=O) groups excluding carboxylic acids is 1. The summed E-state index contributed by atoms with van der Waals surface area (Å²) in [7, 11) is -1.82. The number of rotatable bonds is 7. The van der Waals surface area contributed by atoms with Gasteiger partial charge in [-0.3, -0.25) is 4.79 Å². The maximum Gasteiger partial charge on any atom is 0.229 e. The first-order valence-corrected chi connectivity index (χ1v) is 10.2. The molecule has 0 amide bonds. The Morgan fingerprint density at radius 2 is 1.79 bits per heavy atom. The number of halogens is 1. The summed E-state index contributed by atoms with van der Waals surface area (Å²) in [5.74, 6) is 0.640. The average molecular weight is 365 g/mol. The first-order chi connectivity index (χ1) is 11.4. The quantitative estimate of drug-likeness (QED) is 0.632. The highest BCUT2D eigenvalue weighted by molar-refractivity contribution is 7.87. The lowest BCUT2D eigenvalue weighted by molar-refractivity contribution is 0.107. The van der Waals surface area contributed by atoms with E-state index >= 15 is 0 Å². The van der Waals surface area contributed by atoms with E-state index in [0.717, 1.165) is 0 Å². The minimum Gasteiger partial charge on any atom is -0.494 e. The van der Waals surface area contributed by atoms with Crippen molar-refractivity contribution in [1.82, 2.24) is 0 Å². The lowest BCUT2D eigenvalue weighted by Gasteiger charge is -2.20. The molecule has 0 N–H and O–H groups in total. The standard InChI is InChI=1S/C19H22ClO3P/c1-14(2)12-13-24(22,15-8-5-4-6-9-15)19(21)16-10-7-11-17(20)18(16)23-3/h4-11,14H,12-13H2,1-3H3. The summed E-state index contributed by atoms with van der Waals surface area (Å²) in [5, 5.41) is 0.921. The highest BCUT2D eigenvalue weighted by Gasteiger charge is 2.36. The van der Waals surface area contributed by atoms with Crippen LogP contribution >= 0.6 is 18.7 Å². The van der Waals surface area contributed by atoms with Gasteiger partial charge in [0, 0.05) is 11.5 Å². The van der Waals surface area contributed by atoms with Gasteiger partial charge in [-0.25, -0.2) is 0 Å². The third kappa shape index (κ3) is 3.91. The Kier molecular flexibility index (Phi) is 6.26. The molecule has 0 bridgehead atoms. The van der Waals surface area contributed by atoms with Crippen molar-refractivity contribution in [2.75, 3.05) is 13.3 Å². The topological polar surface area (TPSA) is 43.4 Å². The second kappa shape index (κ2) is 8.00. The molecular formula is C19H22ClO3P. The smallest absolute Gasteiger partial charge is 0.229 e. The maximum absolute atomic E-state index is 13.8. The largest absolute Gasteiger partial charge is 0.494 e. The molecular weight excluding hydrogens is 343 g/mol. The van der Waals surface area contributed by atoms with Crippen LogP contribution in [0, 0.1) is 5.92 Å². The van der Waals surface area contributed by atoms with E-state index in [2.05, 4.69) is 13.8 Å². The highest BCUT2D eigenvalue weighted by Crippen LogP contribution is 2.50. The zero-order chi connectivity index (χ0) is 17.7. The van der Waals surface area contributed by atoms with E-state index in [9.17, 15) is 9.36 Å². The molecule has 128 valence electrons. The van der Waals surface area contributed by atoms with E-state index < -0.39 is 12.7 Å². The summed E-state index contributed by atoms with van der Waals surface area (Å²) in [6.45, 7) is 4.11. The molecule has 0 aliphatic carbocycles. The molecule has 0 saturated heterocycles. The molecule has 1 unspecified atom stereocenters. The number of hydrogen-bond acceptors (Lipinski definition) is 3. The minimum atomic E-state index is -3.28. The van der Waals surface area contributed by atoms with E-state index in [4.69, 9.17) is 16.3 Å². The average Bonchev–Trinajstić information content (AvgIpc) is 2.59. The fourth-order valence-electron chi connectivity index (χ4n) is 2.54. The number of ether oxygens (including phenoxy) is 1. The molecule has 0 aromatic heterocycles. The first kappa shape index (κ1) is 18.8. The van der Waals surface area contributed by atoms with Gasteiger partial charge in [0.15, 0.2) is 7.14 Å². The van der Waals surface area contributed by atoms with Crippen LogP contribution in [0.5, 0.6) is 5.75 Å². The van der Waals surface area contributed by atoms with Crippen LogP contribution in [-0.4, -0.2) is 18.8 Å². The van der Waals surface area contributed by atoms with Crippen molar-refractivity contribution < 1.29 is 14.1 Å². The SMILES string of the molecule is COc1c(Cl)cccc1C(=O)P(=O)(CCC(C)C)c1ccccc1. The fraction of sp³-hybridized carbons (Fsp3) is 0.316. The Morgan fingerprint density at radius 3 is 2.38 bits per heavy atom. The van der Waals surface area contributed by atoms with Crippen molar-refractivity contribution in [2.24, 2.45) is 5.92 Å². The Labute approximate surface area is 148 Å². The monoisotopic (exact) mass is 364 g/mol. The number of methoxy groups -OCH3 is 1. The molecule has 0 fully saturated rings. The second-order valence-electron chi connectivity index (χ2n) is 6.11. The molecule has 2 aromatic rings. The predicted octanol–water partition coefficient (Wildman–Crippen LogP) is 5.22. The third-order valence-electron chi connectivity index (χ3n) is 3.92. The highest BCUT2D eigenvalue weighted by atomic mass is 35.5. The van der Waals surface area contributed by atoms with Crippen LogP contribution in [0.4, 0.5) is 0 Å². The molecule has 24 heavy (non-hydrogen) atoms. The molecule has 3 nitrogen and oxygen atoms in total. The fourth-order valence-corrected chi connectivity index (χ4v) is 5.58. The Morgan fingerprint density at radius 1 is 1.12 bits per heavy atom. The molecule has 1 atom stereocenters. The Bertz CT molecular complexity index is 756. The van der Waals surface area contributed by atoms with Crippen molar-refractivity contribution in [3.63, 3.8) is 0 Å². The lowest BCUT2D eigenvalue weighted by atomic mass is 10.2. The van der Waals surface area contributed by atoms with E-state index in [1.54, 1.807) is 42.5 Å². The maximum atomic E-state index is 13.8. The molecule has 5 heteroatoms. The molecule has 0 spiro atoms. The van der Waals surface area contributed by atoms with Crippen LogP contribution < -0.4 is 10.0 Å². The molecule has 0 aliphatic heterocycles. The summed E-state index contributed by atoms with van der Waals surface area (Å²) in [5.41, 5.74) is -0.116. The van der Waals surface area contributed by atoms with Gasteiger partial charge < -0.3 is 9.30 Å². The van der Waals surface area contributed by atoms with Crippen LogP contribution in [0.2, 0.25) is 5.02 Å². The molecule has 0 heterocycles. The summed E-state index contributed by atoms with van der Waals surface area (Å²) in [6, 6.07) is 13.9. The number of para-hydroxylation sites is 1. The lowest BCUT2D eigenvalue weighted by Crippen LogP contribution is -2.17. The van der Waals surface area contributed by atoms with Crippen molar-refractivity contribution in [3.05, 3.63) is 59.1 Å². The molecule has 2 rings (SSSR count). The Balaban J connectivity index is 2.54. The molecule has 0 radical (unpaired) electrons. The van der Waals surface area contributed by atoms with Gasteiger partial charge in [-0.1, -0.05) is 61.8 Å². The third-order valence-corrected chi connectivity index (χ3v) is 7.14. The van der Waals surface area contributed by atoms with E-state index in [0.29, 0.717) is 28.8 Å². The molecule has 0 aliphatic rings. The number of hydrogen-bond donors (Lipinski definition) is 0. The van der Waals surface area contributed by atoms with Gasteiger partial charge >= 0.3 is 0 Å². The van der Waals surface area contributed by atoms with Gasteiger partial charge in [0.2, 0.25) is 5.52 Å². The predicted molar refractivity (Wildman–Crippen MR) is 100 cm³/mol. The second-order valence-corrected chi connectivity index (χ2v) is 9.36. The van der Waals surface area contributed by atoms with Crippen molar-refractivity contribution in [1.29, 1.82) is 0 Å². The van der Waals surface area contributed by atoms with E-state index in [1.807, 2.05) is 6.07 Å². The van der Waals surface area contributed by atoms with Gasteiger partial charge in [-0.05, 0) is 24.5 Å². The molecule has 2 aromatic carbocycles. The molecule has 0 saturated carbocycles. The van der Waals surface area contributed by atoms with Crippen molar-refractivity contribution >= 4 is 29.6 Å². The summed E-state index contributed by atoms with van der Waals surface area (Å²) >= 11 is 6.13. The van der Waals surface area contributed by atoms with Gasteiger partial charge in [-0.15, -0.1) is 0 Å². The van der Waals surface area contributed by atoms with Crippen LogP contribution in [-0.2, 0) is 4.57 Å². The van der Waals surface area contributed by atoms with E-state index in [-0.39, 0.29) is 11.3 Å². The van der Waals surface area contributed by atoms with Crippen LogP contribution in [0.1, 0.15) is 30.6 Å². The summed E-state index contributed by atoms with van der Waals surface area (Å²) in [4.78, 5) is 13.2. The van der Waals surface area contributed by atoms with Crippen molar-refractivity contribution in [2.45, 2.75) is 20.3 Å². The number of benzene rings is 2. The van der Waals surface area contributed by atoms with Gasteiger partial charge in [-0.2, -0.15) is 0 Å². The normalized spacial score (nSPS) is 13.5. The van der Waals surface area contributed by atoms with Crippen LogP contribution in [0.15, 0.2) is 48.5 Å². The van der Waals surface area contributed by atoms with Crippen molar-refractivity contribution in [3.8, 4) is 5.75 Å². The zero-order valence-electron chi connectivity index (χ0n) is 14.2. The summed E-state index contributed by atoms with van der Waals surface area (Å²) < 4.78 is 19.0. The minimum absolute atomic E-state index is 0.279.